The van der Waals surface area contributed by atoms with Crippen LogP contribution in [0, 0.1) is 6.92 Å². The van der Waals surface area contributed by atoms with Gasteiger partial charge >= 0.3 is 0 Å². The Balaban J connectivity index is 1.33. The molecule has 1 atom stereocenters. The molecule has 1 N–H and O–H groups in total. The van der Waals surface area contributed by atoms with Gasteiger partial charge < -0.3 is 14.4 Å². The van der Waals surface area contributed by atoms with Crippen LogP contribution in [0.5, 0.6) is 11.5 Å². The lowest BCUT2D eigenvalue weighted by Gasteiger charge is -2.31. The van der Waals surface area contributed by atoms with Gasteiger partial charge in [-0.1, -0.05) is 0 Å². The summed E-state index contributed by atoms with van der Waals surface area (Å²) in [6.07, 6.45) is 1.99. The number of carbonyl (C=O) groups excluding carboxylic acids is 1. The number of piperidine rings is 1. The van der Waals surface area contributed by atoms with Crippen molar-refractivity contribution in [1.82, 2.24) is 25.3 Å². The van der Waals surface area contributed by atoms with E-state index in [-0.39, 0.29) is 18.6 Å². The van der Waals surface area contributed by atoms with E-state index in [1.54, 1.807) is 17.4 Å². The topological polar surface area (TPSA) is 93.2 Å². The Labute approximate surface area is 165 Å². The lowest BCUT2D eigenvalue weighted by Crippen LogP contribution is -2.39. The van der Waals surface area contributed by atoms with E-state index in [4.69, 9.17) is 9.47 Å². The number of hydrogen-bond donors (Lipinski definition) is 1. The van der Waals surface area contributed by atoms with E-state index in [1.807, 2.05) is 30.0 Å². The van der Waals surface area contributed by atoms with Crippen molar-refractivity contribution in [3.05, 3.63) is 40.0 Å². The maximum Gasteiger partial charge on any atom is 0.271 e. The fraction of sp³-hybridized carbons (Fsp3) is 0.368. The molecule has 1 saturated heterocycles. The molecule has 0 spiro atoms. The Kier molecular flexibility index (Phi) is 4.23. The van der Waals surface area contributed by atoms with Crippen LogP contribution in [-0.2, 0) is 0 Å². The van der Waals surface area contributed by atoms with Crippen molar-refractivity contribution in [1.29, 1.82) is 0 Å². The zero-order chi connectivity index (χ0) is 19.1. The van der Waals surface area contributed by atoms with Crippen LogP contribution in [0.1, 0.15) is 39.3 Å². The number of hydrogen-bond acceptors (Lipinski definition) is 7. The zero-order valence-corrected chi connectivity index (χ0v) is 16.2. The third-order valence-corrected chi connectivity index (χ3v) is 6.08. The van der Waals surface area contributed by atoms with Crippen LogP contribution in [0.15, 0.2) is 24.3 Å². The monoisotopic (exact) mass is 397 g/mol. The van der Waals surface area contributed by atoms with Gasteiger partial charge in [0.1, 0.15) is 15.7 Å². The van der Waals surface area contributed by atoms with Gasteiger partial charge in [0.25, 0.3) is 5.91 Å². The normalized spacial score (nSPS) is 18.5. The first-order chi connectivity index (χ1) is 13.7. The molecule has 1 fully saturated rings. The first-order valence-electron chi connectivity index (χ1n) is 9.22. The molecule has 2 aliphatic heterocycles. The number of aryl methyl sites for hydroxylation is 1. The van der Waals surface area contributed by atoms with Gasteiger partial charge in [-0.05, 0) is 44.0 Å². The number of amides is 1. The van der Waals surface area contributed by atoms with Crippen molar-refractivity contribution >= 4 is 17.2 Å². The number of likely N-dealkylation sites (tertiary alicyclic amines) is 1. The molecule has 28 heavy (non-hydrogen) atoms. The van der Waals surface area contributed by atoms with Gasteiger partial charge in [-0.2, -0.15) is 5.10 Å². The molecule has 2 aliphatic rings. The molecule has 9 heteroatoms. The van der Waals surface area contributed by atoms with E-state index in [0.717, 1.165) is 40.7 Å². The van der Waals surface area contributed by atoms with Gasteiger partial charge in [-0.25, -0.2) is 0 Å². The van der Waals surface area contributed by atoms with Crippen molar-refractivity contribution in [2.24, 2.45) is 0 Å². The molecule has 0 unspecified atom stereocenters. The predicted octanol–water partition coefficient (Wildman–Crippen LogP) is 2.99. The average molecular weight is 397 g/mol. The molecule has 0 saturated carbocycles. The molecule has 144 valence electrons. The highest BCUT2D eigenvalue weighted by atomic mass is 32.1. The summed E-state index contributed by atoms with van der Waals surface area (Å²) in [7, 11) is 0. The molecule has 0 radical (unpaired) electrons. The lowest BCUT2D eigenvalue weighted by atomic mass is 9.98. The number of rotatable bonds is 3. The van der Waals surface area contributed by atoms with Crippen LogP contribution >= 0.6 is 11.3 Å². The molecule has 1 aromatic carbocycles. The Morgan fingerprint density at radius 1 is 1.25 bits per heavy atom. The summed E-state index contributed by atoms with van der Waals surface area (Å²) in [5.74, 6) is 1.63. The molecule has 3 aromatic rings. The van der Waals surface area contributed by atoms with E-state index in [0.29, 0.717) is 23.7 Å². The fourth-order valence-corrected chi connectivity index (χ4v) is 4.47. The number of nitrogens with one attached hydrogen (secondary N) is 1. The zero-order valence-electron chi connectivity index (χ0n) is 15.3. The molecule has 0 bridgehead atoms. The van der Waals surface area contributed by atoms with Crippen molar-refractivity contribution in [2.45, 2.75) is 25.7 Å². The Bertz CT molecular complexity index is 1030. The van der Waals surface area contributed by atoms with Gasteiger partial charge in [0, 0.05) is 24.6 Å². The molecule has 4 heterocycles. The second kappa shape index (κ2) is 6.90. The first-order valence-corrected chi connectivity index (χ1v) is 10.0. The third kappa shape index (κ3) is 3.11. The van der Waals surface area contributed by atoms with E-state index in [2.05, 4.69) is 20.4 Å². The van der Waals surface area contributed by atoms with Crippen LogP contribution in [0.4, 0.5) is 0 Å². The summed E-state index contributed by atoms with van der Waals surface area (Å²) < 4.78 is 10.8. The van der Waals surface area contributed by atoms with Crippen LogP contribution in [0.2, 0.25) is 0 Å². The summed E-state index contributed by atoms with van der Waals surface area (Å²) in [5.41, 5.74) is 2.07. The van der Waals surface area contributed by atoms with E-state index < -0.39 is 0 Å². The summed E-state index contributed by atoms with van der Waals surface area (Å²) in [5, 5.41) is 17.6. The lowest BCUT2D eigenvalue weighted by molar-refractivity contribution is 0.0701. The molecule has 5 rings (SSSR count). The Hall–Kier alpha value is -2.94. The van der Waals surface area contributed by atoms with Gasteiger partial charge in [0.2, 0.25) is 6.79 Å². The summed E-state index contributed by atoms with van der Waals surface area (Å²) in [6.45, 7) is 3.58. The number of aromatic amines is 1. The number of carbonyl (C=O) groups is 1. The van der Waals surface area contributed by atoms with E-state index >= 15 is 0 Å². The van der Waals surface area contributed by atoms with Crippen LogP contribution in [0.25, 0.3) is 11.3 Å². The second-order valence-electron chi connectivity index (χ2n) is 6.98. The largest absolute Gasteiger partial charge is 0.454 e. The van der Waals surface area contributed by atoms with Crippen molar-refractivity contribution in [3.8, 4) is 22.8 Å². The standard InChI is InChI=1S/C19H19N5O3S/c1-11-20-23-18(28-11)13-3-2-6-24(9-13)19(25)15-8-14(21-22-15)12-4-5-16-17(7-12)27-10-26-16/h4-5,7-8,13H,2-3,6,9-10H2,1H3,(H,21,22)/t13-/m1/s1. The summed E-state index contributed by atoms with van der Waals surface area (Å²) in [6, 6.07) is 7.43. The summed E-state index contributed by atoms with van der Waals surface area (Å²) >= 11 is 1.61. The highest BCUT2D eigenvalue weighted by Gasteiger charge is 2.28. The number of nitrogens with zero attached hydrogens (tertiary/aromatic N) is 4. The Morgan fingerprint density at radius 2 is 2.14 bits per heavy atom. The van der Waals surface area contributed by atoms with Crippen LogP contribution < -0.4 is 9.47 Å². The van der Waals surface area contributed by atoms with Crippen molar-refractivity contribution in [3.63, 3.8) is 0 Å². The molecule has 2 aromatic heterocycles. The highest BCUT2D eigenvalue weighted by molar-refractivity contribution is 7.11. The highest BCUT2D eigenvalue weighted by Crippen LogP contribution is 2.35. The van der Waals surface area contributed by atoms with Gasteiger partial charge in [-0.3, -0.25) is 9.89 Å². The minimum atomic E-state index is -0.0366. The van der Waals surface area contributed by atoms with Gasteiger partial charge in [-0.15, -0.1) is 21.5 Å². The predicted molar refractivity (Wildman–Crippen MR) is 103 cm³/mol. The van der Waals surface area contributed by atoms with E-state index in [9.17, 15) is 4.79 Å². The number of H-pyrrole nitrogens is 1. The quantitative estimate of drug-likeness (QED) is 0.730. The molecular weight excluding hydrogens is 378 g/mol. The number of aromatic nitrogens is 4. The fourth-order valence-electron chi connectivity index (χ4n) is 3.65. The third-order valence-electron chi connectivity index (χ3n) is 5.08. The second-order valence-corrected chi connectivity index (χ2v) is 8.20. The SMILES string of the molecule is Cc1nnc([C@@H]2CCCN(C(=O)c3cc(-c4ccc5c(c4)OCO5)n[nH]3)C2)s1. The Morgan fingerprint density at radius 3 is 3.00 bits per heavy atom. The van der Waals surface area contributed by atoms with Crippen LogP contribution in [-0.4, -0.2) is 51.1 Å². The average Bonchev–Trinajstić information content (AvgIpc) is 3.47. The number of benzene rings is 1. The molecule has 0 aliphatic carbocycles. The minimum Gasteiger partial charge on any atom is -0.454 e. The minimum absolute atomic E-state index is 0.0366. The molecule has 8 nitrogen and oxygen atoms in total. The van der Waals surface area contributed by atoms with Crippen molar-refractivity contribution < 1.29 is 14.3 Å². The summed E-state index contributed by atoms with van der Waals surface area (Å²) in [4.78, 5) is 14.9. The van der Waals surface area contributed by atoms with Crippen LogP contribution in [0.3, 0.4) is 0 Å². The van der Waals surface area contributed by atoms with E-state index in [1.165, 1.54) is 0 Å². The smallest absolute Gasteiger partial charge is 0.271 e. The van der Waals surface area contributed by atoms with Gasteiger partial charge in [0.15, 0.2) is 11.5 Å². The maximum atomic E-state index is 13.0. The maximum absolute atomic E-state index is 13.0. The molecular formula is C19H19N5O3S. The first kappa shape index (κ1) is 17.2. The molecule has 1 amide bonds. The number of fused-ring (bicyclic) bond motifs is 1. The van der Waals surface area contributed by atoms with Crippen molar-refractivity contribution in [2.75, 3.05) is 19.9 Å². The van der Waals surface area contributed by atoms with Gasteiger partial charge in [0.05, 0.1) is 5.69 Å². The number of ether oxygens (including phenoxy) is 2.